The number of hydrogen-bond acceptors (Lipinski definition) is 3. The lowest BCUT2D eigenvalue weighted by Crippen LogP contribution is -2.48. The van der Waals surface area contributed by atoms with Crippen LogP contribution >= 0.6 is 15.9 Å². The first-order chi connectivity index (χ1) is 9.52. The van der Waals surface area contributed by atoms with E-state index in [0.717, 1.165) is 12.1 Å². The van der Waals surface area contributed by atoms with Crippen molar-refractivity contribution in [2.75, 3.05) is 36.6 Å². The number of ether oxygens (including phenoxy) is 1. The van der Waals surface area contributed by atoms with Gasteiger partial charge in [0.2, 0.25) is 0 Å². The molecule has 110 valence electrons. The number of carbonyl (C=O) groups is 1. The van der Waals surface area contributed by atoms with Gasteiger partial charge in [0.05, 0.1) is 0 Å². The van der Waals surface area contributed by atoms with Gasteiger partial charge in [-0.05, 0) is 15.9 Å². The maximum absolute atomic E-state index is 14.0. The number of carboxylic acid groups (broad SMARTS) is 1. The molecule has 1 saturated heterocycles. The van der Waals surface area contributed by atoms with E-state index in [1.165, 1.54) is 9.80 Å². The summed E-state index contributed by atoms with van der Waals surface area (Å²) in [6.07, 6.45) is -1.02. The predicted molar refractivity (Wildman–Crippen MR) is 72.6 cm³/mol. The molecule has 0 radical (unpaired) electrons. The van der Waals surface area contributed by atoms with Crippen LogP contribution in [0.15, 0.2) is 12.1 Å². The zero-order valence-corrected chi connectivity index (χ0v) is 12.1. The number of anilines is 1. The van der Waals surface area contributed by atoms with Crippen LogP contribution in [-0.2, 0) is 0 Å². The van der Waals surface area contributed by atoms with Crippen LogP contribution in [-0.4, -0.2) is 47.8 Å². The highest BCUT2D eigenvalue weighted by molar-refractivity contribution is 9.09. The Morgan fingerprint density at radius 3 is 2.25 bits per heavy atom. The number of rotatable bonds is 3. The molecule has 1 aliphatic rings. The lowest BCUT2D eigenvalue weighted by atomic mass is 10.2. The molecule has 0 saturated carbocycles. The Morgan fingerprint density at radius 1 is 1.25 bits per heavy atom. The summed E-state index contributed by atoms with van der Waals surface area (Å²) < 4.78 is 32.9. The highest BCUT2D eigenvalue weighted by Crippen LogP contribution is 2.29. The van der Waals surface area contributed by atoms with E-state index in [2.05, 4.69) is 15.9 Å². The van der Waals surface area contributed by atoms with Gasteiger partial charge in [0, 0.05) is 38.3 Å². The Balaban J connectivity index is 2.16. The monoisotopic (exact) mass is 350 g/mol. The zero-order valence-electron chi connectivity index (χ0n) is 10.5. The summed E-state index contributed by atoms with van der Waals surface area (Å²) in [7, 11) is 0. The Kier molecular flexibility index (Phi) is 4.64. The molecule has 1 heterocycles. The quantitative estimate of drug-likeness (QED) is 0.851. The van der Waals surface area contributed by atoms with Crippen molar-refractivity contribution >= 4 is 27.7 Å². The molecular formula is C12H13BrF2N2O3. The Labute approximate surface area is 122 Å². The molecule has 20 heavy (non-hydrogen) atoms. The van der Waals surface area contributed by atoms with Crippen molar-refractivity contribution in [3.05, 3.63) is 23.8 Å². The summed E-state index contributed by atoms with van der Waals surface area (Å²) in [5.41, 5.74) is -0.000321. The Hall–Kier alpha value is -1.57. The SMILES string of the molecule is O=C(O)N1CCN(c2c(F)cc(OCBr)cc2F)CC1. The number of halogens is 3. The van der Waals surface area contributed by atoms with Gasteiger partial charge in [-0.2, -0.15) is 0 Å². The number of hydrogen-bond donors (Lipinski definition) is 1. The van der Waals surface area contributed by atoms with Crippen molar-refractivity contribution in [3.8, 4) is 5.75 Å². The second-order valence-corrected chi connectivity index (χ2v) is 4.70. The van der Waals surface area contributed by atoms with E-state index in [0.29, 0.717) is 0 Å². The van der Waals surface area contributed by atoms with E-state index < -0.39 is 17.7 Å². The van der Waals surface area contributed by atoms with Gasteiger partial charge in [-0.1, -0.05) is 0 Å². The first-order valence-electron chi connectivity index (χ1n) is 5.93. The van der Waals surface area contributed by atoms with Gasteiger partial charge in [0.1, 0.15) is 17.0 Å². The molecule has 1 aliphatic heterocycles. The van der Waals surface area contributed by atoms with E-state index in [1.807, 2.05) is 0 Å². The molecule has 2 rings (SSSR count). The standard InChI is InChI=1S/C12H13BrF2N2O3/c13-7-20-8-5-9(14)11(10(15)6-8)16-1-3-17(4-2-16)12(18)19/h5-6H,1-4,7H2,(H,18,19). The first kappa shape index (κ1) is 14.8. The van der Waals surface area contributed by atoms with E-state index in [-0.39, 0.29) is 43.1 Å². The van der Waals surface area contributed by atoms with Gasteiger partial charge in [-0.15, -0.1) is 0 Å². The predicted octanol–water partition coefficient (Wildman–Crippen LogP) is 2.50. The van der Waals surface area contributed by atoms with Crippen LogP contribution in [0, 0.1) is 11.6 Å². The van der Waals surface area contributed by atoms with E-state index >= 15 is 0 Å². The average Bonchev–Trinajstić information content (AvgIpc) is 2.39. The van der Waals surface area contributed by atoms with Crippen molar-refractivity contribution < 1.29 is 23.4 Å². The van der Waals surface area contributed by atoms with Gasteiger partial charge >= 0.3 is 6.09 Å². The molecule has 8 heteroatoms. The molecule has 0 spiro atoms. The summed E-state index contributed by atoms with van der Waals surface area (Å²) >= 11 is 3.01. The molecule has 0 atom stereocenters. The molecule has 0 aromatic heterocycles. The highest BCUT2D eigenvalue weighted by Gasteiger charge is 2.25. The molecule has 5 nitrogen and oxygen atoms in total. The number of alkyl halides is 1. The maximum atomic E-state index is 14.0. The number of nitrogens with zero attached hydrogens (tertiary/aromatic N) is 2. The normalized spacial score (nSPS) is 15.3. The van der Waals surface area contributed by atoms with Crippen LogP contribution in [0.4, 0.5) is 19.3 Å². The Bertz CT molecular complexity index is 484. The van der Waals surface area contributed by atoms with Crippen molar-refractivity contribution in [1.82, 2.24) is 4.90 Å². The smallest absolute Gasteiger partial charge is 0.407 e. The van der Waals surface area contributed by atoms with Crippen LogP contribution < -0.4 is 9.64 Å². The van der Waals surface area contributed by atoms with Gasteiger partial charge in [-0.3, -0.25) is 0 Å². The first-order valence-corrected chi connectivity index (χ1v) is 7.05. The lowest BCUT2D eigenvalue weighted by Gasteiger charge is -2.34. The summed E-state index contributed by atoms with van der Waals surface area (Å²) in [5.74, 6) is -1.33. The van der Waals surface area contributed by atoms with Crippen molar-refractivity contribution in [2.24, 2.45) is 0 Å². The topological polar surface area (TPSA) is 53.0 Å². The summed E-state index contributed by atoms with van der Waals surface area (Å²) in [6.45, 7) is 0.930. The second kappa shape index (κ2) is 6.25. The highest BCUT2D eigenvalue weighted by atomic mass is 79.9. The fourth-order valence-corrected chi connectivity index (χ4v) is 2.38. The molecule has 0 unspecified atom stereocenters. The van der Waals surface area contributed by atoms with E-state index in [9.17, 15) is 13.6 Å². The van der Waals surface area contributed by atoms with Crippen LogP contribution in [0.25, 0.3) is 0 Å². The molecule has 1 amide bonds. The van der Waals surface area contributed by atoms with Gasteiger partial charge in [0.15, 0.2) is 11.6 Å². The molecule has 1 N–H and O–H groups in total. The largest absolute Gasteiger partial charge is 0.482 e. The molecule has 1 aromatic rings. The number of amides is 1. The minimum atomic E-state index is -1.02. The van der Waals surface area contributed by atoms with Crippen LogP contribution in [0.5, 0.6) is 5.75 Å². The van der Waals surface area contributed by atoms with Gasteiger partial charge < -0.3 is 19.6 Å². The maximum Gasteiger partial charge on any atom is 0.407 e. The van der Waals surface area contributed by atoms with Crippen LogP contribution in [0.2, 0.25) is 0 Å². The van der Waals surface area contributed by atoms with Crippen molar-refractivity contribution in [3.63, 3.8) is 0 Å². The third-order valence-corrected chi connectivity index (χ3v) is 3.31. The summed E-state index contributed by atoms with van der Waals surface area (Å²) in [5, 5.41) is 8.84. The van der Waals surface area contributed by atoms with Crippen molar-refractivity contribution in [1.29, 1.82) is 0 Å². The molecule has 0 bridgehead atoms. The van der Waals surface area contributed by atoms with Crippen LogP contribution in [0.3, 0.4) is 0 Å². The zero-order chi connectivity index (χ0) is 14.7. The van der Waals surface area contributed by atoms with Crippen molar-refractivity contribution in [2.45, 2.75) is 0 Å². The lowest BCUT2D eigenvalue weighted by molar-refractivity contribution is 0.142. The van der Waals surface area contributed by atoms with Gasteiger partial charge in [-0.25, -0.2) is 13.6 Å². The minimum Gasteiger partial charge on any atom is -0.482 e. The molecular weight excluding hydrogens is 338 g/mol. The average molecular weight is 351 g/mol. The van der Waals surface area contributed by atoms with E-state index in [4.69, 9.17) is 9.84 Å². The fourth-order valence-electron chi connectivity index (χ4n) is 2.11. The number of piperazine rings is 1. The minimum absolute atomic E-state index is 0.102. The van der Waals surface area contributed by atoms with Gasteiger partial charge in [0.25, 0.3) is 0 Å². The molecule has 0 aliphatic carbocycles. The summed E-state index contributed by atoms with van der Waals surface area (Å²) in [6, 6.07) is 2.23. The molecule has 1 aromatic carbocycles. The third-order valence-electron chi connectivity index (χ3n) is 3.08. The fraction of sp³-hybridized carbons (Fsp3) is 0.417. The third kappa shape index (κ3) is 3.12. The summed E-state index contributed by atoms with van der Waals surface area (Å²) in [4.78, 5) is 13.5. The second-order valence-electron chi connectivity index (χ2n) is 4.25. The molecule has 1 fully saturated rings. The number of benzene rings is 1. The van der Waals surface area contributed by atoms with E-state index in [1.54, 1.807) is 0 Å². The Morgan fingerprint density at radius 2 is 1.80 bits per heavy atom. The van der Waals surface area contributed by atoms with Crippen LogP contribution in [0.1, 0.15) is 0 Å².